The molecule has 1 aromatic carbocycles. The van der Waals surface area contributed by atoms with Gasteiger partial charge < -0.3 is 4.74 Å². The van der Waals surface area contributed by atoms with Gasteiger partial charge in [0.15, 0.2) is 10.8 Å². The summed E-state index contributed by atoms with van der Waals surface area (Å²) >= 11 is 1.53. The Labute approximate surface area is 183 Å². The molecule has 158 valence electrons. The van der Waals surface area contributed by atoms with Crippen molar-refractivity contribution in [2.24, 2.45) is 5.18 Å². The standard InChI is InChI=1S/C22H22N6O2S/c1-15(26-29)17-2-5-21-24-25-22(28(21)14-17)31-19-3-4-20-18(11-19)10-16(12-23-20)13-27-6-8-30-9-7-27/h2-5,10-12,14-15H,6-9,13H2,1H3. The van der Waals surface area contributed by atoms with Crippen LogP contribution in [-0.2, 0) is 11.3 Å². The normalized spacial score (nSPS) is 16.0. The fraction of sp³-hybridized carbons (Fsp3) is 0.318. The molecule has 3 aromatic heterocycles. The van der Waals surface area contributed by atoms with E-state index in [-0.39, 0.29) is 0 Å². The van der Waals surface area contributed by atoms with E-state index in [9.17, 15) is 4.91 Å². The molecule has 4 aromatic rings. The third-order valence-corrected chi connectivity index (χ3v) is 6.41. The highest BCUT2D eigenvalue weighted by Gasteiger charge is 2.13. The molecule has 1 atom stereocenters. The largest absolute Gasteiger partial charge is 0.379 e. The third kappa shape index (κ3) is 4.30. The predicted octanol–water partition coefficient (Wildman–Crippen LogP) is 4.09. The van der Waals surface area contributed by atoms with E-state index in [0.29, 0.717) is 0 Å². The number of aromatic nitrogens is 4. The van der Waals surface area contributed by atoms with Gasteiger partial charge in [-0.15, -0.1) is 10.2 Å². The number of nitroso groups, excluding NO2 is 1. The average molecular weight is 435 g/mol. The minimum absolute atomic E-state index is 0.415. The van der Waals surface area contributed by atoms with Crippen LogP contribution in [0.2, 0.25) is 0 Å². The topological polar surface area (TPSA) is 85.0 Å². The molecule has 0 radical (unpaired) electrons. The summed E-state index contributed by atoms with van der Waals surface area (Å²) in [6, 6.07) is 11.7. The van der Waals surface area contributed by atoms with Crippen LogP contribution in [-0.4, -0.2) is 50.8 Å². The summed E-state index contributed by atoms with van der Waals surface area (Å²) in [5.41, 5.74) is 3.73. The first-order valence-electron chi connectivity index (χ1n) is 10.2. The second-order valence-corrected chi connectivity index (χ2v) is 8.68. The number of fused-ring (bicyclic) bond motifs is 2. The molecule has 8 nitrogen and oxygen atoms in total. The quantitative estimate of drug-likeness (QED) is 0.423. The van der Waals surface area contributed by atoms with Gasteiger partial charge in [0.05, 0.1) is 18.7 Å². The molecule has 1 saturated heterocycles. The van der Waals surface area contributed by atoms with Crippen molar-refractivity contribution >= 4 is 28.3 Å². The summed E-state index contributed by atoms with van der Waals surface area (Å²) in [5.74, 6) is 0. The van der Waals surface area contributed by atoms with E-state index in [1.807, 2.05) is 41.1 Å². The summed E-state index contributed by atoms with van der Waals surface area (Å²) in [6.07, 6.45) is 3.84. The molecule has 0 aliphatic carbocycles. The van der Waals surface area contributed by atoms with Crippen molar-refractivity contribution in [3.63, 3.8) is 0 Å². The smallest absolute Gasteiger partial charge is 0.200 e. The Balaban J connectivity index is 1.41. The van der Waals surface area contributed by atoms with Gasteiger partial charge in [-0.3, -0.25) is 14.3 Å². The molecular formula is C22H22N6O2S. The summed E-state index contributed by atoms with van der Waals surface area (Å²) in [4.78, 5) is 19.0. The molecule has 1 unspecified atom stereocenters. The van der Waals surface area contributed by atoms with E-state index in [2.05, 4.69) is 37.4 Å². The molecule has 4 heterocycles. The van der Waals surface area contributed by atoms with E-state index in [0.717, 1.165) is 65.0 Å². The number of hydrogen-bond donors (Lipinski definition) is 0. The lowest BCUT2D eigenvalue weighted by molar-refractivity contribution is 0.0341. The van der Waals surface area contributed by atoms with Gasteiger partial charge in [-0.25, -0.2) is 0 Å². The number of rotatable bonds is 6. The molecular weight excluding hydrogens is 412 g/mol. The lowest BCUT2D eigenvalue weighted by atomic mass is 10.1. The van der Waals surface area contributed by atoms with Crippen LogP contribution in [0.4, 0.5) is 0 Å². The Morgan fingerprint density at radius 3 is 2.87 bits per heavy atom. The van der Waals surface area contributed by atoms with Gasteiger partial charge in [-0.05, 0) is 60.1 Å². The summed E-state index contributed by atoms with van der Waals surface area (Å²) in [7, 11) is 0. The van der Waals surface area contributed by atoms with Crippen molar-refractivity contribution in [2.75, 3.05) is 26.3 Å². The average Bonchev–Trinajstić information content (AvgIpc) is 3.21. The second-order valence-electron chi connectivity index (χ2n) is 7.64. The van der Waals surface area contributed by atoms with E-state index in [1.54, 1.807) is 6.92 Å². The van der Waals surface area contributed by atoms with Gasteiger partial charge in [0.2, 0.25) is 0 Å². The van der Waals surface area contributed by atoms with Gasteiger partial charge in [0.25, 0.3) is 0 Å². The highest BCUT2D eigenvalue weighted by Crippen LogP contribution is 2.30. The van der Waals surface area contributed by atoms with E-state index in [1.165, 1.54) is 17.3 Å². The van der Waals surface area contributed by atoms with Crippen LogP contribution in [0.1, 0.15) is 24.1 Å². The Bertz CT molecular complexity index is 1240. The summed E-state index contributed by atoms with van der Waals surface area (Å²) < 4.78 is 7.34. The molecule has 9 heteroatoms. The van der Waals surface area contributed by atoms with Crippen molar-refractivity contribution in [1.29, 1.82) is 0 Å². The van der Waals surface area contributed by atoms with Crippen molar-refractivity contribution in [2.45, 2.75) is 29.6 Å². The monoisotopic (exact) mass is 434 g/mol. The van der Waals surface area contributed by atoms with Crippen LogP contribution in [0, 0.1) is 4.91 Å². The van der Waals surface area contributed by atoms with Gasteiger partial charge >= 0.3 is 0 Å². The van der Waals surface area contributed by atoms with Crippen molar-refractivity contribution in [3.8, 4) is 0 Å². The molecule has 1 aliphatic heterocycles. The molecule has 1 aliphatic rings. The first-order valence-corrected chi connectivity index (χ1v) is 11.0. The number of hydrogen-bond acceptors (Lipinski definition) is 8. The highest BCUT2D eigenvalue weighted by atomic mass is 32.2. The van der Waals surface area contributed by atoms with Crippen LogP contribution in [0.5, 0.6) is 0 Å². The van der Waals surface area contributed by atoms with Crippen LogP contribution in [0.15, 0.2) is 64.0 Å². The summed E-state index contributed by atoms with van der Waals surface area (Å²) in [5, 5.41) is 13.5. The third-order valence-electron chi connectivity index (χ3n) is 5.46. The van der Waals surface area contributed by atoms with E-state index < -0.39 is 6.04 Å². The molecule has 5 rings (SSSR count). The minimum atomic E-state index is -0.415. The fourth-order valence-electron chi connectivity index (χ4n) is 3.69. The van der Waals surface area contributed by atoms with E-state index in [4.69, 9.17) is 4.74 Å². The zero-order valence-corrected chi connectivity index (χ0v) is 18.0. The van der Waals surface area contributed by atoms with Crippen LogP contribution in [0.3, 0.4) is 0 Å². The molecule has 0 bridgehead atoms. The van der Waals surface area contributed by atoms with Crippen molar-refractivity contribution in [1.82, 2.24) is 24.5 Å². The van der Waals surface area contributed by atoms with Crippen molar-refractivity contribution < 1.29 is 4.74 Å². The molecule has 0 amide bonds. The maximum atomic E-state index is 10.9. The molecule has 1 fully saturated rings. The van der Waals surface area contributed by atoms with Crippen LogP contribution < -0.4 is 0 Å². The number of nitrogens with zero attached hydrogens (tertiary/aromatic N) is 6. The van der Waals surface area contributed by atoms with Crippen LogP contribution >= 0.6 is 11.8 Å². The first kappa shape index (κ1) is 20.0. The fourth-order valence-corrected chi connectivity index (χ4v) is 4.55. The maximum absolute atomic E-state index is 10.9. The Hall–Kier alpha value is -2.88. The Kier molecular flexibility index (Phi) is 5.63. The zero-order valence-electron chi connectivity index (χ0n) is 17.1. The first-order chi connectivity index (χ1) is 15.2. The van der Waals surface area contributed by atoms with Gasteiger partial charge in [-0.1, -0.05) is 11.2 Å². The Morgan fingerprint density at radius 2 is 2.03 bits per heavy atom. The highest BCUT2D eigenvalue weighted by molar-refractivity contribution is 7.99. The molecule has 31 heavy (non-hydrogen) atoms. The molecule has 0 saturated carbocycles. The van der Waals surface area contributed by atoms with Crippen molar-refractivity contribution in [3.05, 3.63) is 64.8 Å². The molecule has 0 N–H and O–H groups in total. The zero-order chi connectivity index (χ0) is 21.2. The summed E-state index contributed by atoms with van der Waals surface area (Å²) in [6.45, 7) is 6.14. The van der Waals surface area contributed by atoms with Crippen LogP contribution in [0.25, 0.3) is 16.6 Å². The maximum Gasteiger partial charge on any atom is 0.200 e. The number of ether oxygens (including phenoxy) is 1. The van der Waals surface area contributed by atoms with Gasteiger partial charge in [0.1, 0.15) is 6.04 Å². The lowest BCUT2D eigenvalue weighted by Gasteiger charge is -2.26. The predicted molar refractivity (Wildman–Crippen MR) is 119 cm³/mol. The van der Waals surface area contributed by atoms with E-state index >= 15 is 0 Å². The minimum Gasteiger partial charge on any atom is -0.379 e. The Morgan fingerprint density at radius 1 is 1.16 bits per heavy atom. The second kappa shape index (κ2) is 8.70. The number of pyridine rings is 2. The van der Waals surface area contributed by atoms with Gasteiger partial charge in [-0.2, -0.15) is 4.91 Å². The molecule has 0 spiro atoms. The lowest BCUT2D eigenvalue weighted by Crippen LogP contribution is -2.35. The van der Waals surface area contributed by atoms with Gasteiger partial charge in [0, 0.05) is 42.3 Å². The number of morpholine rings is 1. The SMILES string of the molecule is CC(N=O)c1ccc2nnc(Sc3ccc4ncc(CN5CCOCC5)cc4c3)n2c1. The number of benzene rings is 1.